The number of hydrogen-bond acceptors (Lipinski definition) is 4. The van der Waals surface area contributed by atoms with Gasteiger partial charge in [-0.3, -0.25) is 14.5 Å². The van der Waals surface area contributed by atoms with Crippen molar-refractivity contribution >= 4 is 11.8 Å². The summed E-state index contributed by atoms with van der Waals surface area (Å²) in [6, 6.07) is 7.08. The molecule has 142 valence electrons. The zero-order valence-electron chi connectivity index (χ0n) is 15.4. The highest BCUT2D eigenvalue weighted by Gasteiger charge is 2.18. The second-order valence-electron chi connectivity index (χ2n) is 7.00. The Bertz CT molecular complexity index is 606. The topological polar surface area (TPSA) is 61.9 Å². The van der Waals surface area contributed by atoms with E-state index in [4.69, 9.17) is 4.74 Å². The molecular formula is C20H29N3O3. The summed E-state index contributed by atoms with van der Waals surface area (Å²) in [7, 11) is 0. The molecule has 0 aliphatic carbocycles. The number of nitrogens with one attached hydrogen (secondary N) is 1. The Labute approximate surface area is 155 Å². The van der Waals surface area contributed by atoms with Crippen LogP contribution in [0.2, 0.25) is 0 Å². The van der Waals surface area contributed by atoms with Gasteiger partial charge >= 0.3 is 0 Å². The van der Waals surface area contributed by atoms with Crippen LogP contribution in [0.25, 0.3) is 0 Å². The van der Waals surface area contributed by atoms with Crippen LogP contribution in [0.3, 0.4) is 0 Å². The van der Waals surface area contributed by atoms with Crippen molar-refractivity contribution in [1.82, 2.24) is 15.1 Å². The van der Waals surface area contributed by atoms with Crippen LogP contribution in [0.1, 0.15) is 46.4 Å². The fourth-order valence-corrected chi connectivity index (χ4v) is 3.50. The quantitative estimate of drug-likeness (QED) is 0.870. The summed E-state index contributed by atoms with van der Waals surface area (Å²) in [6.07, 6.45) is 4.51. The van der Waals surface area contributed by atoms with Crippen molar-refractivity contribution in [2.75, 3.05) is 52.5 Å². The molecule has 2 amide bonds. The van der Waals surface area contributed by atoms with Gasteiger partial charge in [0.25, 0.3) is 11.8 Å². The van der Waals surface area contributed by atoms with Crippen LogP contribution in [-0.2, 0) is 4.74 Å². The number of carbonyl (C=O) groups is 2. The van der Waals surface area contributed by atoms with E-state index in [1.165, 1.54) is 12.8 Å². The summed E-state index contributed by atoms with van der Waals surface area (Å²) in [5.41, 5.74) is 1.15. The van der Waals surface area contributed by atoms with Gasteiger partial charge in [0.15, 0.2) is 0 Å². The number of amides is 2. The Morgan fingerprint density at radius 1 is 0.962 bits per heavy atom. The Kier molecular flexibility index (Phi) is 7.03. The van der Waals surface area contributed by atoms with Crippen LogP contribution in [0, 0.1) is 0 Å². The average molecular weight is 359 g/mol. The van der Waals surface area contributed by atoms with Crippen LogP contribution in [0.5, 0.6) is 0 Å². The molecule has 26 heavy (non-hydrogen) atoms. The molecule has 0 aromatic heterocycles. The van der Waals surface area contributed by atoms with Crippen LogP contribution >= 0.6 is 0 Å². The minimum absolute atomic E-state index is 0.0369. The predicted octanol–water partition coefficient (Wildman–Crippen LogP) is 1.76. The molecule has 2 aliphatic rings. The van der Waals surface area contributed by atoms with E-state index in [2.05, 4.69) is 10.2 Å². The van der Waals surface area contributed by atoms with E-state index in [0.717, 1.165) is 58.8 Å². The van der Waals surface area contributed by atoms with Crippen LogP contribution in [-0.4, -0.2) is 74.1 Å². The standard InChI is InChI=1S/C20H29N3O3/c24-19(21-8-11-22-12-14-26-15-13-22)17-6-5-7-18(16-17)20(25)23-9-3-1-2-4-10-23/h5-7,16H,1-4,8-15H2,(H,21,24). The SMILES string of the molecule is O=C(NCCN1CCOCC1)c1cccc(C(=O)N2CCCCCC2)c1. The number of carbonyl (C=O) groups excluding carboxylic acids is 2. The lowest BCUT2D eigenvalue weighted by Gasteiger charge is -2.26. The predicted molar refractivity (Wildman–Crippen MR) is 100 cm³/mol. The molecule has 2 aliphatic heterocycles. The Morgan fingerprint density at radius 3 is 2.38 bits per heavy atom. The summed E-state index contributed by atoms with van der Waals surface area (Å²) >= 11 is 0. The normalized spacial score (nSPS) is 19.0. The number of likely N-dealkylation sites (tertiary alicyclic amines) is 1. The molecule has 0 radical (unpaired) electrons. The van der Waals surface area contributed by atoms with Gasteiger partial charge in [-0.1, -0.05) is 18.9 Å². The second-order valence-corrected chi connectivity index (χ2v) is 7.00. The van der Waals surface area contributed by atoms with E-state index < -0.39 is 0 Å². The van der Waals surface area contributed by atoms with Gasteiger partial charge in [-0.15, -0.1) is 0 Å². The Balaban J connectivity index is 1.53. The van der Waals surface area contributed by atoms with Gasteiger partial charge in [-0.25, -0.2) is 0 Å². The highest BCUT2D eigenvalue weighted by Crippen LogP contribution is 2.14. The van der Waals surface area contributed by atoms with Crippen LogP contribution in [0.4, 0.5) is 0 Å². The Hall–Kier alpha value is -1.92. The lowest BCUT2D eigenvalue weighted by molar-refractivity contribution is 0.0383. The monoisotopic (exact) mass is 359 g/mol. The maximum Gasteiger partial charge on any atom is 0.253 e. The van der Waals surface area contributed by atoms with Gasteiger partial charge in [-0.2, -0.15) is 0 Å². The molecule has 1 aromatic carbocycles. The molecule has 0 bridgehead atoms. The molecule has 6 heteroatoms. The lowest BCUT2D eigenvalue weighted by Crippen LogP contribution is -2.41. The van der Waals surface area contributed by atoms with Crippen molar-refractivity contribution in [2.45, 2.75) is 25.7 Å². The molecule has 2 fully saturated rings. The van der Waals surface area contributed by atoms with Gasteiger partial charge in [0, 0.05) is 50.4 Å². The van der Waals surface area contributed by atoms with Gasteiger partial charge in [0.05, 0.1) is 13.2 Å². The maximum atomic E-state index is 12.7. The molecule has 6 nitrogen and oxygen atoms in total. The third kappa shape index (κ3) is 5.29. The van der Waals surface area contributed by atoms with E-state index in [0.29, 0.717) is 17.7 Å². The highest BCUT2D eigenvalue weighted by molar-refractivity contribution is 5.99. The average Bonchev–Trinajstić information content (AvgIpc) is 2.98. The van der Waals surface area contributed by atoms with Crippen molar-refractivity contribution in [3.63, 3.8) is 0 Å². The summed E-state index contributed by atoms with van der Waals surface area (Å²) < 4.78 is 5.32. The fourth-order valence-electron chi connectivity index (χ4n) is 3.50. The zero-order valence-corrected chi connectivity index (χ0v) is 15.4. The molecule has 2 heterocycles. The van der Waals surface area contributed by atoms with Crippen molar-refractivity contribution in [3.8, 4) is 0 Å². The minimum Gasteiger partial charge on any atom is -0.379 e. The first-order valence-corrected chi connectivity index (χ1v) is 9.72. The van der Waals surface area contributed by atoms with Gasteiger partial charge in [-0.05, 0) is 31.0 Å². The van der Waals surface area contributed by atoms with Crippen LogP contribution < -0.4 is 5.32 Å². The van der Waals surface area contributed by atoms with E-state index in [1.54, 1.807) is 24.3 Å². The maximum absolute atomic E-state index is 12.7. The number of nitrogens with zero attached hydrogens (tertiary/aromatic N) is 2. The largest absolute Gasteiger partial charge is 0.379 e. The smallest absolute Gasteiger partial charge is 0.253 e. The first-order chi connectivity index (χ1) is 12.7. The summed E-state index contributed by atoms with van der Waals surface area (Å²) in [4.78, 5) is 29.3. The molecule has 1 N–H and O–H groups in total. The minimum atomic E-state index is -0.122. The third-order valence-corrected chi connectivity index (χ3v) is 5.08. The first kappa shape index (κ1) is 18.9. The van der Waals surface area contributed by atoms with Crippen molar-refractivity contribution in [1.29, 1.82) is 0 Å². The van der Waals surface area contributed by atoms with Gasteiger partial charge in [0.1, 0.15) is 0 Å². The molecule has 2 saturated heterocycles. The summed E-state index contributed by atoms with van der Waals surface area (Å²) in [5.74, 6) is -0.0846. The zero-order chi connectivity index (χ0) is 18.2. The second kappa shape index (κ2) is 9.69. The fraction of sp³-hybridized carbons (Fsp3) is 0.600. The lowest BCUT2D eigenvalue weighted by atomic mass is 10.1. The van der Waals surface area contributed by atoms with Crippen molar-refractivity contribution in [2.24, 2.45) is 0 Å². The summed E-state index contributed by atoms with van der Waals surface area (Å²) in [6.45, 7) is 6.39. The molecule has 0 spiro atoms. The number of morpholine rings is 1. The van der Waals surface area contributed by atoms with Gasteiger partial charge in [0.2, 0.25) is 0 Å². The van der Waals surface area contributed by atoms with E-state index in [1.807, 2.05) is 4.90 Å². The number of rotatable bonds is 5. The molecule has 1 aromatic rings. The van der Waals surface area contributed by atoms with E-state index >= 15 is 0 Å². The van der Waals surface area contributed by atoms with Crippen molar-refractivity contribution in [3.05, 3.63) is 35.4 Å². The number of ether oxygens (including phenoxy) is 1. The molecule has 0 unspecified atom stereocenters. The first-order valence-electron chi connectivity index (χ1n) is 9.72. The number of benzene rings is 1. The van der Waals surface area contributed by atoms with Gasteiger partial charge < -0.3 is 15.0 Å². The van der Waals surface area contributed by atoms with E-state index in [-0.39, 0.29) is 11.8 Å². The molecular weight excluding hydrogens is 330 g/mol. The highest BCUT2D eigenvalue weighted by atomic mass is 16.5. The van der Waals surface area contributed by atoms with Crippen molar-refractivity contribution < 1.29 is 14.3 Å². The Morgan fingerprint density at radius 2 is 1.65 bits per heavy atom. The molecule has 0 saturated carbocycles. The van der Waals surface area contributed by atoms with Crippen LogP contribution in [0.15, 0.2) is 24.3 Å². The molecule has 3 rings (SSSR count). The number of hydrogen-bond donors (Lipinski definition) is 1. The third-order valence-electron chi connectivity index (χ3n) is 5.08. The van der Waals surface area contributed by atoms with E-state index in [9.17, 15) is 9.59 Å². The summed E-state index contributed by atoms with van der Waals surface area (Å²) in [5, 5.41) is 2.96. The molecule has 0 atom stereocenters.